The van der Waals surface area contributed by atoms with Gasteiger partial charge in [-0.1, -0.05) is 54.4 Å². The van der Waals surface area contributed by atoms with Gasteiger partial charge in [0.15, 0.2) is 0 Å². The van der Waals surface area contributed by atoms with Crippen molar-refractivity contribution in [3.63, 3.8) is 0 Å². The lowest BCUT2D eigenvalue weighted by Crippen LogP contribution is -2.37. The Kier molecular flexibility index (Phi) is 4.14. The summed E-state index contributed by atoms with van der Waals surface area (Å²) in [5.74, 6) is -0.320. The van der Waals surface area contributed by atoms with E-state index in [1.165, 1.54) is 12.1 Å². The summed E-state index contributed by atoms with van der Waals surface area (Å²) in [5.41, 5.74) is 6.99. The largest absolute Gasteiger partial charge is 0.318 e. The predicted octanol–water partition coefficient (Wildman–Crippen LogP) is 4.74. The Morgan fingerprint density at radius 2 is 1.84 bits per heavy atom. The van der Waals surface area contributed by atoms with Crippen LogP contribution in [0.2, 0.25) is 10.0 Å². The second-order valence-corrected chi connectivity index (χ2v) is 5.22. The highest BCUT2D eigenvalue weighted by atomic mass is 35.5. The SMILES string of the molecule is CCC(N)(c1cccc(F)c1)c1cccc(Cl)c1Cl. The van der Waals surface area contributed by atoms with Gasteiger partial charge >= 0.3 is 0 Å². The van der Waals surface area contributed by atoms with E-state index in [0.29, 0.717) is 27.6 Å². The van der Waals surface area contributed by atoms with Gasteiger partial charge in [-0.05, 0) is 35.7 Å². The minimum atomic E-state index is -0.857. The van der Waals surface area contributed by atoms with Crippen LogP contribution in [0.15, 0.2) is 42.5 Å². The van der Waals surface area contributed by atoms with E-state index in [9.17, 15) is 4.39 Å². The lowest BCUT2D eigenvalue weighted by molar-refractivity contribution is 0.513. The molecule has 4 heteroatoms. The zero-order valence-electron chi connectivity index (χ0n) is 10.5. The average molecular weight is 298 g/mol. The van der Waals surface area contributed by atoms with Gasteiger partial charge in [-0.15, -0.1) is 0 Å². The second-order valence-electron chi connectivity index (χ2n) is 4.44. The van der Waals surface area contributed by atoms with Crippen LogP contribution in [-0.2, 0) is 5.54 Å². The molecular formula is C15H14Cl2FN. The van der Waals surface area contributed by atoms with E-state index in [-0.39, 0.29) is 5.82 Å². The molecule has 0 bridgehead atoms. The smallest absolute Gasteiger partial charge is 0.123 e. The minimum absolute atomic E-state index is 0.320. The molecule has 0 aliphatic heterocycles. The molecule has 1 nitrogen and oxygen atoms in total. The fraction of sp³-hybridized carbons (Fsp3) is 0.200. The molecule has 0 heterocycles. The Morgan fingerprint density at radius 1 is 1.16 bits per heavy atom. The van der Waals surface area contributed by atoms with E-state index in [0.717, 1.165) is 0 Å². The summed E-state index contributed by atoms with van der Waals surface area (Å²) in [7, 11) is 0. The molecule has 1 unspecified atom stereocenters. The van der Waals surface area contributed by atoms with E-state index in [4.69, 9.17) is 28.9 Å². The van der Waals surface area contributed by atoms with E-state index in [2.05, 4.69) is 0 Å². The molecule has 2 aromatic carbocycles. The van der Waals surface area contributed by atoms with Crippen LogP contribution < -0.4 is 5.73 Å². The average Bonchev–Trinajstić information content (AvgIpc) is 2.41. The van der Waals surface area contributed by atoms with Crippen molar-refractivity contribution >= 4 is 23.2 Å². The third-order valence-corrected chi connectivity index (χ3v) is 4.15. The summed E-state index contributed by atoms with van der Waals surface area (Å²) in [6, 6.07) is 11.6. The van der Waals surface area contributed by atoms with Crippen LogP contribution in [-0.4, -0.2) is 0 Å². The van der Waals surface area contributed by atoms with E-state index in [1.54, 1.807) is 24.3 Å². The van der Waals surface area contributed by atoms with Crippen molar-refractivity contribution in [2.75, 3.05) is 0 Å². The van der Waals surface area contributed by atoms with Crippen LogP contribution in [0.3, 0.4) is 0 Å². The molecule has 0 radical (unpaired) electrons. The van der Waals surface area contributed by atoms with Crippen LogP contribution in [0, 0.1) is 5.82 Å². The third-order valence-electron chi connectivity index (χ3n) is 3.33. The van der Waals surface area contributed by atoms with Crippen LogP contribution in [0.4, 0.5) is 4.39 Å². The summed E-state index contributed by atoms with van der Waals surface area (Å²) in [6.45, 7) is 1.93. The lowest BCUT2D eigenvalue weighted by Gasteiger charge is -2.30. The fourth-order valence-electron chi connectivity index (χ4n) is 2.16. The van der Waals surface area contributed by atoms with E-state index < -0.39 is 5.54 Å². The molecular weight excluding hydrogens is 284 g/mol. The molecule has 0 fully saturated rings. The maximum absolute atomic E-state index is 13.4. The van der Waals surface area contributed by atoms with Gasteiger partial charge < -0.3 is 5.73 Å². The zero-order valence-corrected chi connectivity index (χ0v) is 12.0. The fourth-order valence-corrected chi connectivity index (χ4v) is 2.63. The van der Waals surface area contributed by atoms with Gasteiger partial charge in [0.25, 0.3) is 0 Å². The van der Waals surface area contributed by atoms with Gasteiger partial charge in [0.1, 0.15) is 5.82 Å². The first-order valence-electron chi connectivity index (χ1n) is 5.98. The summed E-state index contributed by atoms with van der Waals surface area (Å²) < 4.78 is 13.4. The molecule has 0 aliphatic carbocycles. The molecule has 0 saturated heterocycles. The Hall–Kier alpha value is -1.09. The van der Waals surface area contributed by atoms with Gasteiger partial charge in [-0.3, -0.25) is 0 Å². The van der Waals surface area contributed by atoms with Crippen molar-refractivity contribution in [2.45, 2.75) is 18.9 Å². The first-order chi connectivity index (χ1) is 8.99. The number of hydrogen-bond donors (Lipinski definition) is 1. The first kappa shape index (κ1) is 14.3. The van der Waals surface area contributed by atoms with Crippen molar-refractivity contribution in [3.8, 4) is 0 Å². The Bertz CT molecular complexity index is 600. The Morgan fingerprint density at radius 3 is 2.47 bits per heavy atom. The summed E-state index contributed by atoms with van der Waals surface area (Å²) in [4.78, 5) is 0. The highest BCUT2D eigenvalue weighted by Gasteiger charge is 2.30. The van der Waals surface area contributed by atoms with Crippen LogP contribution in [0.25, 0.3) is 0 Å². The molecule has 100 valence electrons. The van der Waals surface area contributed by atoms with Crippen molar-refractivity contribution in [2.24, 2.45) is 5.73 Å². The third kappa shape index (κ3) is 2.62. The van der Waals surface area contributed by atoms with E-state index in [1.807, 2.05) is 13.0 Å². The number of rotatable bonds is 3. The summed E-state index contributed by atoms with van der Waals surface area (Å²) >= 11 is 12.3. The van der Waals surface area contributed by atoms with Crippen molar-refractivity contribution in [1.29, 1.82) is 0 Å². The Labute approximate surface area is 122 Å². The topological polar surface area (TPSA) is 26.0 Å². The van der Waals surface area contributed by atoms with Crippen molar-refractivity contribution in [1.82, 2.24) is 0 Å². The summed E-state index contributed by atoms with van der Waals surface area (Å²) in [5, 5.41) is 0.858. The normalized spacial score (nSPS) is 14.2. The number of hydrogen-bond acceptors (Lipinski definition) is 1. The predicted molar refractivity (Wildman–Crippen MR) is 78.1 cm³/mol. The van der Waals surface area contributed by atoms with Gasteiger partial charge in [0.2, 0.25) is 0 Å². The maximum Gasteiger partial charge on any atom is 0.123 e. The zero-order chi connectivity index (χ0) is 14.0. The minimum Gasteiger partial charge on any atom is -0.318 e. The molecule has 0 saturated carbocycles. The first-order valence-corrected chi connectivity index (χ1v) is 6.74. The van der Waals surface area contributed by atoms with Crippen LogP contribution in [0.1, 0.15) is 24.5 Å². The van der Waals surface area contributed by atoms with Gasteiger partial charge in [0, 0.05) is 0 Å². The standard InChI is InChI=1S/C15H14Cl2FN/c1-2-15(19,10-5-3-6-11(18)9-10)12-7-4-8-13(16)14(12)17/h3-9H,2,19H2,1H3. The lowest BCUT2D eigenvalue weighted by atomic mass is 9.81. The van der Waals surface area contributed by atoms with Gasteiger partial charge in [-0.2, -0.15) is 0 Å². The summed E-state index contributed by atoms with van der Waals surface area (Å²) in [6.07, 6.45) is 0.580. The quantitative estimate of drug-likeness (QED) is 0.869. The van der Waals surface area contributed by atoms with Crippen LogP contribution in [0.5, 0.6) is 0 Å². The second kappa shape index (κ2) is 5.49. The Balaban J connectivity index is 2.63. The molecule has 2 N–H and O–H groups in total. The van der Waals surface area contributed by atoms with Gasteiger partial charge in [-0.25, -0.2) is 4.39 Å². The molecule has 0 spiro atoms. The molecule has 0 aromatic heterocycles. The molecule has 19 heavy (non-hydrogen) atoms. The number of halogens is 3. The van der Waals surface area contributed by atoms with Crippen LogP contribution >= 0.6 is 23.2 Å². The molecule has 1 atom stereocenters. The van der Waals surface area contributed by atoms with Crippen molar-refractivity contribution in [3.05, 3.63) is 69.5 Å². The van der Waals surface area contributed by atoms with E-state index >= 15 is 0 Å². The van der Waals surface area contributed by atoms with Crippen molar-refractivity contribution < 1.29 is 4.39 Å². The highest BCUT2D eigenvalue weighted by Crippen LogP contribution is 2.38. The highest BCUT2D eigenvalue weighted by molar-refractivity contribution is 6.42. The molecule has 2 rings (SSSR count). The number of benzene rings is 2. The molecule has 0 aliphatic rings. The molecule has 0 amide bonds. The van der Waals surface area contributed by atoms with Gasteiger partial charge in [0.05, 0.1) is 15.6 Å². The molecule has 2 aromatic rings. The number of nitrogens with two attached hydrogens (primary N) is 1. The maximum atomic E-state index is 13.4. The monoisotopic (exact) mass is 297 g/mol.